The van der Waals surface area contributed by atoms with Gasteiger partial charge in [-0.1, -0.05) is 39.3 Å². The fraction of sp³-hybridized carbons (Fsp3) is 0.579. The molecule has 0 saturated heterocycles. The molecule has 0 aliphatic heterocycles. The Morgan fingerprint density at radius 2 is 1.88 bits per heavy atom. The third-order valence-corrected chi connectivity index (χ3v) is 5.43. The first kappa shape index (κ1) is 19.1. The standard InChI is InChI=1S/C19H27N3O3/c1-4-19(2,3)15-7-9-16(10-8-15)20-21-18(23)13-14-5-11-17(12-6-14)22(24)25/h5-6,11-12,15H,4,7-10,13H2,1-3H3,(H,21,23). The zero-order chi connectivity index (χ0) is 18.4. The Hall–Kier alpha value is -2.24. The van der Waals surface area contributed by atoms with Crippen LogP contribution >= 0.6 is 0 Å². The first-order valence-corrected chi connectivity index (χ1v) is 8.89. The average Bonchev–Trinajstić information content (AvgIpc) is 2.61. The van der Waals surface area contributed by atoms with Gasteiger partial charge in [0.05, 0.1) is 11.3 Å². The van der Waals surface area contributed by atoms with Crippen LogP contribution in [0.1, 0.15) is 58.4 Å². The van der Waals surface area contributed by atoms with Crippen molar-refractivity contribution in [3.05, 3.63) is 39.9 Å². The molecule has 25 heavy (non-hydrogen) atoms. The van der Waals surface area contributed by atoms with Gasteiger partial charge in [-0.05, 0) is 42.6 Å². The third kappa shape index (κ3) is 5.37. The second-order valence-corrected chi connectivity index (χ2v) is 7.43. The van der Waals surface area contributed by atoms with Gasteiger partial charge in [-0.3, -0.25) is 14.9 Å². The molecule has 0 heterocycles. The number of nitro benzene ring substituents is 1. The maximum absolute atomic E-state index is 12.0. The van der Waals surface area contributed by atoms with E-state index in [9.17, 15) is 14.9 Å². The van der Waals surface area contributed by atoms with Crippen LogP contribution < -0.4 is 5.43 Å². The summed E-state index contributed by atoms with van der Waals surface area (Å²) in [5.41, 5.74) is 4.80. The fourth-order valence-corrected chi connectivity index (χ4v) is 3.23. The zero-order valence-electron chi connectivity index (χ0n) is 15.2. The Balaban J connectivity index is 1.82. The van der Waals surface area contributed by atoms with Gasteiger partial charge in [0, 0.05) is 17.8 Å². The number of nitrogens with zero attached hydrogens (tertiary/aromatic N) is 2. The Morgan fingerprint density at radius 1 is 1.28 bits per heavy atom. The topological polar surface area (TPSA) is 84.6 Å². The van der Waals surface area contributed by atoms with Crippen molar-refractivity contribution < 1.29 is 9.72 Å². The highest BCUT2D eigenvalue weighted by Gasteiger charge is 2.30. The molecule has 1 N–H and O–H groups in total. The molecule has 1 aliphatic carbocycles. The van der Waals surface area contributed by atoms with Gasteiger partial charge in [0.2, 0.25) is 5.91 Å². The number of benzene rings is 1. The predicted molar refractivity (Wildman–Crippen MR) is 98.4 cm³/mol. The molecular weight excluding hydrogens is 318 g/mol. The summed E-state index contributed by atoms with van der Waals surface area (Å²) in [5, 5.41) is 14.9. The van der Waals surface area contributed by atoms with E-state index in [-0.39, 0.29) is 18.0 Å². The van der Waals surface area contributed by atoms with Crippen molar-refractivity contribution in [2.45, 2.75) is 59.3 Å². The van der Waals surface area contributed by atoms with Crippen molar-refractivity contribution in [2.24, 2.45) is 16.4 Å². The van der Waals surface area contributed by atoms with Crippen LogP contribution in [0.2, 0.25) is 0 Å². The molecule has 1 aliphatic rings. The van der Waals surface area contributed by atoms with Gasteiger partial charge in [-0.25, -0.2) is 5.43 Å². The van der Waals surface area contributed by atoms with E-state index in [1.54, 1.807) is 12.1 Å². The minimum absolute atomic E-state index is 0.0242. The molecular formula is C19H27N3O3. The number of nitro groups is 1. The molecule has 0 radical (unpaired) electrons. The molecule has 1 fully saturated rings. The largest absolute Gasteiger partial charge is 0.273 e. The molecule has 6 heteroatoms. The Kier molecular flexibility index (Phi) is 6.28. The maximum atomic E-state index is 12.0. The second-order valence-electron chi connectivity index (χ2n) is 7.43. The van der Waals surface area contributed by atoms with Crippen LogP contribution in [0.3, 0.4) is 0 Å². The Labute approximate surface area is 148 Å². The number of nitrogens with one attached hydrogen (secondary N) is 1. The number of non-ortho nitro benzene ring substituents is 1. The van der Waals surface area contributed by atoms with Gasteiger partial charge in [0.15, 0.2) is 0 Å². The number of rotatable bonds is 6. The van der Waals surface area contributed by atoms with Gasteiger partial charge < -0.3 is 0 Å². The van der Waals surface area contributed by atoms with Crippen LogP contribution in [-0.4, -0.2) is 16.5 Å². The summed E-state index contributed by atoms with van der Waals surface area (Å²) in [4.78, 5) is 22.2. The molecule has 0 bridgehead atoms. The van der Waals surface area contributed by atoms with Crippen LogP contribution in [0.15, 0.2) is 29.4 Å². The minimum Gasteiger partial charge on any atom is -0.273 e. The number of carbonyl (C=O) groups is 1. The SMILES string of the molecule is CCC(C)(C)C1CCC(=NNC(=O)Cc2ccc([N+](=O)[O-])cc2)CC1. The van der Waals surface area contributed by atoms with Crippen LogP contribution in [-0.2, 0) is 11.2 Å². The number of hydrazone groups is 1. The van der Waals surface area contributed by atoms with Crippen LogP contribution in [0.5, 0.6) is 0 Å². The molecule has 1 aromatic rings. The van der Waals surface area contributed by atoms with Crippen LogP contribution in [0.4, 0.5) is 5.69 Å². The molecule has 1 aromatic carbocycles. The molecule has 1 saturated carbocycles. The summed E-state index contributed by atoms with van der Waals surface area (Å²) in [5.74, 6) is 0.518. The highest BCUT2D eigenvalue weighted by atomic mass is 16.6. The van der Waals surface area contributed by atoms with E-state index < -0.39 is 4.92 Å². The summed E-state index contributed by atoms with van der Waals surface area (Å²) in [6.45, 7) is 6.89. The molecule has 2 rings (SSSR count). The highest BCUT2D eigenvalue weighted by molar-refractivity contribution is 5.87. The fourth-order valence-electron chi connectivity index (χ4n) is 3.23. The van der Waals surface area contributed by atoms with E-state index >= 15 is 0 Å². The van der Waals surface area contributed by atoms with Crippen molar-refractivity contribution >= 4 is 17.3 Å². The van der Waals surface area contributed by atoms with E-state index in [0.29, 0.717) is 11.3 Å². The normalized spacial score (nSPS) is 17.9. The van der Waals surface area contributed by atoms with E-state index in [1.807, 2.05) is 0 Å². The predicted octanol–water partition coefficient (Wildman–Crippen LogP) is 4.24. The van der Waals surface area contributed by atoms with Crippen LogP contribution in [0.25, 0.3) is 0 Å². The Bertz CT molecular complexity index is 640. The van der Waals surface area contributed by atoms with E-state index in [4.69, 9.17) is 0 Å². The van der Waals surface area contributed by atoms with Crippen molar-refractivity contribution in [1.29, 1.82) is 0 Å². The summed E-state index contributed by atoms with van der Waals surface area (Å²) >= 11 is 0. The van der Waals surface area contributed by atoms with Crippen molar-refractivity contribution in [1.82, 2.24) is 5.43 Å². The molecule has 0 spiro atoms. The van der Waals surface area contributed by atoms with Crippen molar-refractivity contribution in [3.8, 4) is 0 Å². The van der Waals surface area contributed by atoms with Gasteiger partial charge in [0.25, 0.3) is 5.69 Å². The summed E-state index contributed by atoms with van der Waals surface area (Å²) in [6, 6.07) is 6.02. The van der Waals surface area contributed by atoms with E-state index in [1.165, 1.54) is 18.6 Å². The first-order valence-electron chi connectivity index (χ1n) is 8.89. The van der Waals surface area contributed by atoms with Gasteiger partial charge in [-0.15, -0.1) is 0 Å². The summed E-state index contributed by atoms with van der Waals surface area (Å²) in [7, 11) is 0. The van der Waals surface area contributed by atoms with Crippen LogP contribution in [0, 0.1) is 21.4 Å². The lowest BCUT2D eigenvalue weighted by molar-refractivity contribution is -0.384. The Morgan fingerprint density at radius 3 is 2.40 bits per heavy atom. The van der Waals surface area contributed by atoms with E-state index in [0.717, 1.165) is 37.0 Å². The quantitative estimate of drug-likeness (QED) is 0.618. The van der Waals surface area contributed by atoms with Crippen molar-refractivity contribution in [2.75, 3.05) is 0 Å². The lowest BCUT2D eigenvalue weighted by atomic mass is 9.69. The minimum atomic E-state index is -0.452. The molecule has 6 nitrogen and oxygen atoms in total. The van der Waals surface area contributed by atoms with Gasteiger partial charge in [-0.2, -0.15) is 5.10 Å². The number of amides is 1. The lowest BCUT2D eigenvalue weighted by Gasteiger charge is -2.36. The zero-order valence-corrected chi connectivity index (χ0v) is 15.2. The molecule has 1 amide bonds. The average molecular weight is 345 g/mol. The van der Waals surface area contributed by atoms with Crippen molar-refractivity contribution in [3.63, 3.8) is 0 Å². The number of hydrogen-bond donors (Lipinski definition) is 1. The highest BCUT2D eigenvalue weighted by Crippen LogP contribution is 2.39. The summed E-state index contributed by atoms with van der Waals surface area (Å²) in [6.07, 6.45) is 5.46. The second kappa shape index (κ2) is 8.23. The van der Waals surface area contributed by atoms with Gasteiger partial charge in [0.1, 0.15) is 0 Å². The first-order chi connectivity index (χ1) is 11.8. The smallest absolute Gasteiger partial charge is 0.269 e. The third-order valence-electron chi connectivity index (χ3n) is 5.43. The summed E-state index contributed by atoms with van der Waals surface area (Å²) < 4.78 is 0. The van der Waals surface area contributed by atoms with Gasteiger partial charge >= 0.3 is 0 Å². The number of carbonyl (C=O) groups excluding carboxylic acids is 1. The number of hydrogen-bond acceptors (Lipinski definition) is 4. The lowest BCUT2D eigenvalue weighted by Crippen LogP contribution is -2.29. The molecule has 136 valence electrons. The molecule has 0 unspecified atom stereocenters. The monoisotopic (exact) mass is 345 g/mol. The van der Waals surface area contributed by atoms with E-state index in [2.05, 4.69) is 31.3 Å². The maximum Gasteiger partial charge on any atom is 0.269 e. The molecule has 0 atom stereocenters. The molecule has 0 aromatic heterocycles.